The van der Waals surface area contributed by atoms with Gasteiger partial charge in [0.25, 0.3) is 0 Å². The third-order valence-electron chi connectivity index (χ3n) is 7.44. The molecule has 0 spiro atoms. The van der Waals surface area contributed by atoms with Gasteiger partial charge in [-0.1, -0.05) is 55.0 Å². The number of benzene rings is 3. The average Bonchev–Trinajstić information content (AvgIpc) is 3.52. The summed E-state index contributed by atoms with van der Waals surface area (Å²) in [6.07, 6.45) is 5.90. The van der Waals surface area contributed by atoms with E-state index in [1.165, 1.54) is 6.42 Å². The number of carbonyl (C=O) groups excluding carboxylic acids is 2. The first-order chi connectivity index (χ1) is 20.1. The number of H-pyrrole nitrogens is 1. The molecule has 3 aromatic carbocycles. The number of carbonyl (C=O) groups is 2. The van der Waals surface area contributed by atoms with E-state index in [1.54, 1.807) is 0 Å². The predicted octanol–water partition coefficient (Wildman–Crippen LogP) is 5.63. The van der Waals surface area contributed by atoms with Crippen LogP contribution in [-0.2, 0) is 35.5 Å². The highest BCUT2D eigenvalue weighted by molar-refractivity contribution is 5.97. The van der Waals surface area contributed by atoms with Crippen LogP contribution < -0.4 is 10.6 Å². The van der Waals surface area contributed by atoms with Crippen LogP contribution in [0.4, 0.5) is 10.5 Å². The van der Waals surface area contributed by atoms with Crippen molar-refractivity contribution in [1.29, 1.82) is 0 Å². The van der Waals surface area contributed by atoms with Gasteiger partial charge in [-0.2, -0.15) is 0 Å². The minimum Gasteiger partial charge on any atom is -0.445 e. The van der Waals surface area contributed by atoms with Crippen LogP contribution in [0.3, 0.4) is 0 Å². The van der Waals surface area contributed by atoms with Crippen molar-refractivity contribution in [2.24, 2.45) is 0 Å². The number of para-hydroxylation sites is 1. The maximum atomic E-state index is 13.5. The van der Waals surface area contributed by atoms with E-state index in [0.29, 0.717) is 12.1 Å². The molecule has 9 heteroatoms. The number of aromatic amines is 1. The number of fused-ring (bicyclic) bond motifs is 2. The number of rotatable bonds is 8. The van der Waals surface area contributed by atoms with E-state index in [-0.39, 0.29) is 12.5 Å². The summed E-state index contributed by atoms with van der Waals surface area (Å²) in [5.74, 6) is 1.54. The van der Waals surface area contributed by atoms with Crippen LogP contribution in [0.25, 0.3) is 22.3 Å². The maximum Gasteiger partial charge on any atom is 0.408 e. The number of hydrogen-bond donors (Lipinski definition) is 3. The van der Waals surface area contributed by atoms with Crippen LogP contribution in [0.5, 0.6) is 0 Å². The minimum absolute atomic E-state index is 0.113. The Balaban J connectivity index is 1.17. The van der Waals surface area contributed by atoms with Crippen LogP contribution in [0, 0.1) is 0 Å². The molecule has 3 heterocycles. The van der Waals surface area contributed by atoms with Gasteiger partial charge in [0.1, 0.15) is 18.5 Å². The van der Waals surface area contributed by atoms with E-state index in [0.717, 1.165) is 65.0 Å². The molecule has 0 saturated carbocycles. The number of nitrogens with zero attached hydrogens (tertiary/aromatic N) is 3. The molecule has 3 N–H and O–H groups in total. The Bertz CT molecular complexity index is 1640. The summed E-state index contributed by atoms with van der Waals surface area (Å²) in [4.78, 5) is 29.5. The topological polar surface area (TPSA) is 114 Å². The quantitative estimate of drug-likeness (QED) is 0.233. The molecule has 1 unspecified atom stereocenters. The Morgan fingerprint density at radius 3 is 2.59 bits per heavy atom. The number of amides is 2. The van der Waals surface area contributed by atoms with E-state index < -0.39 is 12.1 Å². The van der Waals surface area contributed by atoms with Gasteiger partial charge in [-0.3, -0.25) is 4.79 Å². The highest BCUT2D eigenvalue weighted by Gasteiger charge is 2.24. The van der Waals surface area contributed by atoms with Gasteiger partial charge in [0, 0.05) is 47.7 Å². The van der Waals surface area contributed by atoms with E-state index in [1.807, 2.05) is 85.1 Å². The van der Waals surface area contributed by atoms with Crippen molar-refractivity contribution in [1.82, 2.24) is 25.1 Å². The van der Waals surface area contributed by atoms with Crippen molar-refractivity contribution in [3.63, 3.8) is 0 Å². The van der Waals surface area contributed by atoms with E-state index in [2.05, 4.69) is 30.4 Å². The molecule has 208 valence electrons. The zero-order chi connectivity index (χ0) is 28.0. The van der Waals surface area contributed by atoms with Crippen molar-refractivity contribution in [3.8, 4) is 11.4 Å². The van der Waals surface area contributed by atoms with Gasteiger partial charge < -0.3 is 24.9 Å². The van der Waals surface area contributed by atoms with Crippen molar-refractivity contribution in [2.45, 2.75) is 51.3 Å². The molecule has 1 aliphatic rings. The molecular formula is C32H32N6O3. The second-order valence-corrected chi connectivity index (χ2v) is 10.3. The van der Waals surface area contributed by atoms with Crippen molar-refractivity contribution >= 4 is 28.6 Å². The number of hydrogen-bond acceptors (Lipinski definition) is 5. The van der Waals surface area contributed by atoms with E-state index >= 15 is 0 Å². The van der Waals surface area contributed by atoms with Gasteiger partial charge in [0.15, 0.2) is 5.82 Å². The van der Waals surface area contributed by atoms with Crippen molar-refractivity contribution in [3.05, 3.63) is 102 Å². The normalized spacial score (nSPS) is 13.7. The molecule has 41 heavy (non-hydrogen) atoms. The fourth-order valence-corrected chi connectivity index (χ4v) is 5.27. The Hall–Kier alpha value is -4.92. The van der Waals surface area contributed by atoms with Gasteiger partial charge in [-0.15, -0.1) is 10.2 Å². The number of anilines is 1. The Morgan fingerprint density at radius 1 is 0.927 bits per heavy atom. The molecule has 5 aromatic rings. The van der Waals surface area contributed by atoms with E-state index in [9.17, 15) is 9.59 Å². The molecule has 0 fully saturated rings. The second-order valence-electron chi connectivity index (χ2n) is 10.3. The first-order valence-electron chi connectivity index (χ1n) is 14.0. The standard InChI is InChI=1S/C32H32N6O3/c39-31(34-25-16-14-23(15-17-25)30-37-36-29-13-5-2-8-18-38(29)30)28(19-24-20-33-27-12-7-6-11-26(24)27)35-32(40)41-21-22-9-3-1-4-10-22/h1,3-4,6-7,9-12,14-17,20,28,33H,2,5,8,13,18-19,21H2,(H,34,39)(H,35,40). The molecule has 0 radical (unpaired) electrons. The summed E-state index contributed by atoms with van der Waals surface area (Å²) in [6, 6.07) is 24.0. The zero-order valence-corrected chi connectivity index (χ0v) is 22.7. The smallest absolute Gasteiger partial charge is 0.408 e. The molecule has 2 amide bonds. The zero-order valence-electron chi connectivity index (χ0n) is 22.7. The van der Waals surface area contributed by atoms with Crippen LogP contribution in [0.1, 0.15) is 36.2 Å². The van der Waals surface area contributed by atoms with Gasteiger partial charge in [0.2, 0.25) is 5.91 Å². The van der Waals surface area contributed by atoms with Crippen molar-refractivity contribution in [2.75, 3.05) is 5.32 Å². The number of nitrogens with one attached hydrogen (secondary N) is 3. The van der Waals surface area contributed by atoms with Gasteiger partial charge in [-0.25, -0.2) is 4.79 Å². The van der Waals surface area contributed by atoms with Gasteiger partial charge in [0.05, 0.1) is 0 Å². The highest BCUT2D eigenvalue weighted by Crippen LogP contribution is 2.25. The minimum atomic E-state index is -0.857. The molecule has 0 aliphatic carbocycles. The molecule has 0 saturated heterocycles. The molecule has 1 atom stereocenters. The molecular weight excluding hydrogens is 516 g/mol. The lowest BCUT2D eigenvalue weighted by Gasteiger charge is -2.18. The summed E-state index contributed by atoms with van der Waals surface area (Å²) in [5, 5.41) is 15.6. The second kappa shape index (κ2) is 12.1. The Kier molecular flexibility index (Phi) is 7.75. The summed E-state index contributed by atoms with van der Waals surface area (Å²) in [6.45, 7) is 1.03. The molecule has 9 nitrogen and oxygen atoms in total. The SMILES string of the molecule is O=C(NC(Cc1c[nH]c2ccccc12)C(=O)Nc1ccc(-c2nnc3n2CCCCC3)cc1)OCc1ccccc1. The highest BCUT2D eigenvalue weighted by atomic mass is 16.5. The van der Waals surface area contributed by atoms with Gasteiger partial charge in [-0.05, 0) is 54.3 Å². The van der Waals surface area contributed by atoms with Crippen LogP contribution in [-0.4, -0.2) is 37.8 Å². The average molecular weight is 549 g/mol. The number of aromatic nitrogens is 4. The third-order valence-corrected chi connectivity index (χ3v) is 7.44. The first-order valence-corrected chi connectivity index (χ1v) is 14.0. The molecule has 1 aliphatic heterocycles. The van der Waals surface area contributed by atoms with Crippen LogP contribution in [0.15, 0.2) is 85.1 Å². The number of ether oxygens (including phenoxy) is 1. The Morgan fingerprint density at radius 2 is 1.73 bits per heavy atom. The first kappa shape index (κ1) is 26.3. The van der Waals surface area contributed by atoms with Crippen molar-refractivity contribution < 1.29 is 14.3 Å². The molecule has 6 rings (SSSR count). The fraction of sp³-hybridized carbons (Fsp3) is 0.250. The summed E-state index contributed by atoms with van der Waals surface area (Å²) in [5.41, 5.74) is 4.33. The lowest BCUT2D eigenvalue weighted by Crippen LogP contribution is -2.45. The number of alkyl carbamates (subject to hydrolysis) is 1. The monoisotopic (exact) mass is 548 g/mol. The van der Waals surface area contributed by atoms with Crippen LogP contribution in [0.2, 0.25) is 0 Å². The third kappa shape index (κ3) is 6.14. The van der Waals surface area contributed by atoms with Crippen LogP contribution >= 0.6 is 0 Å². The molecule has 2 aromatic heterocycles. The van der Waals surface area contributed by atoms with E-state index in [4.69, 9.17) is 4.74 Å². The summed E-state index contributed by atoms with van der Waals surface area (Å²) < 4.78 is 7.62. The molecule has 0 bridgehead atoms. The largest absolute Gasteiger partial charge is 0.445 e. The lowest BCUT2D eigenvalue weighted by atomic mass is 10.0. The lowest BCUT2D eigenvalue weighted by molar-refractivity contribution is -0.118. The van der Waals surface area contributed by atoms with Gasteiger partial charge >= 0.3 is 6.09 Å². The summed E-state index contributed by atoms with van der Waals surface area (Å²) in [7, 11) is 0. The Labute approximate surface area is 238 Å². The summed E-state index contributed by atoms with van der Waals surface area (Å²) >= 11 is 0. The fourth-order valence-electron chi connectivity index (χ4n) is 5.27. The number of aryl methyl sites for hydroxylation is 1. The predicted molar refractivity (Wildman–Crippen MR) is 157 cm³/mol. The maximum absolute atomic E-state index is 13.5.